The molecule has 0 spiro atoms. The van der Waals surface area contributed by atoms with Gasteiger partial charge in [0.25, 0.3) is 0 Å². The molecule has 0 amide bonds. The van der Waals surface area contributed by atoms with Crippen LogP contribution >= 0.6 is 0 Å². The first-order chi connectivity index (χ1) is 8.25. The quantitative estimate of drug-likeness (QED) is 0.818. The van der Waals surface area contributed by atoms with Crippen molar-refractivity contribution in [2.75, 3.05) is 37.4 Å². The van der Waals surface area contributed by atoms with Crippen LogP contribution in [0.4, 0.5) is 11.8 Å². The maximum atomic E-state index is 4.43. The standard InChI is InChI=1S/C12H21N5/c1-17(2)12-14-8-6-11(16-12)15-9-10-5-3-4-7-13-10/h6,8,10,13H,3-5,7,9H2,1-2H3,(H,14,15,16). The zero-order valence-corrected chi connectivity index (χ0v) is 10.6. The maximum Gasteiger partial charge on any atom is 0.226 e. The summed E-state index contributed by atoms with van der Waals surface area (Å²) < 4.78 is 0. The third-order valence-corrected chi connectivity index (χ3v) is 2.98. The summed E-state index contributed by atoms with van der Waals surface area (Å²) in [5.74, 6) is 1.64. The zero-order chi connectivity index (χ0) is 12.1. The van der Waals surface area contributed by atoms with Crippen LogP contribution in [0.3, 0.4) is 0 Å². The second-order valence-electron chi connectivity index (χ2n) is 4.66. The minimum absolute atomic E-state index is 0.571. The smallest absolute Gasteiger partial charge is 0.226 e. The SMILES string of the molecule is CN(C)c1nccc(NCC2CCCCN2)n1. The van der Waals surface area contributed by atoms with Gasteiger partial charge >= 0.3 is 0 Å². The van der Waals surface area contributed by atoms with Crippen LogP contribution in [0.25, 0.3) is 0 Å². The molecule has 1 atom stereocenters. The average molecular weight is 235 g/mol. The van der Waals surface area contributed by atoms with Crippen molar-refractivity contribution in [1.82, 2.24) is 15.3 Å². The lowest BCUT2D eigenvalue weighted by Gasteiger charge is -2.24. The van der Waals surface area contributed by atoms with Crippen LogP contribution in [0, 0.1) is 0 Å². The topological polar surface area (TPSA) is 53.1 Å². The van der Waals surface area contributed by atoms with Gasteiger partial charge in [0.1, 0.15) is 5.82 Å². The highest BCUT2D eigenvalue weighted by molar-refractivity contribution is 5.40. The summed E-state index contributed by atoms with van der Waals surface area (Å²) in [5, 5.41) is 6.88. The lowest BCUT2D eigenvalue weighted by Crippen LogP contribution is -2.39. The molecule has 0 aromatic carbocycles. The highest BCUT2D eigenvalue weighted by Crippen LogP contribution is 2.10. The number of rotatable bonds is 4. The van der Waals surface area contributed by atoms with E-state index in [-0.39, 0.29) is 0 Å². The predicted octanol–water partition coefficient (Wildman–Crippen LogP) is 1.10. The van der Waals surface area contributed by atoms with Crippen LogP contribution < -0.4 is 15.5 Å². The van der Waals surface area contributed by atoms with Gasteiger partial charge in [0.05, 0.1) is 0 Å². The average Bonchev–Trinajstić information content (AvgIpc) is 2.38. The summed E-state index contributed by atoms with van der Waals surface area (Å²) >= 11 is 0. The lowest BCUT2D eigenvalue weighted by molar-refractivity contribution is 0.414. The Bertz CT molecular complexity index is 347. The summed E-state index contributed by atoms with van der Waals surface area (Å²) in [6.45, 7) is 2.07. The monoisotopic (exact) mass is 235 g/mol. The molecule has 1 aliphatic rings. The van der Waals surface area contributed by atoms with Crippen molar-refractivity contribution in [2.45, 2.75) is 25.3 Å². The number of nitrogens with zero attached hydrogens (tertiary/aromatic N) is 3. The van der Waals surface area contributed by atoms with Crippen molar-refractivity contribution >= 4 is 11.8 Å². The molecule has 2 rings (SSSR count). The van der Waals surface area contributed by atoms with Gasteiger partial charge in [-0.25, -0.2) is 4.98 Å². The molecule has 1 saturated heterocycles. The molecule has 0 saturated carbocycles. The fraction of sp³-hybridized carbons (Fsp3) is 0.667. The Labute approximate surface area is 103 Å². The van der Waals surface area contributed by atoms with Crippen molar-refractivity contribution < 1.29 is 0 Å². The molecule has 0 radical (unpaired) electrons. The van der Waals surface area contributed by atoms with Crippen LogP contribution in [-0.2, 0) is 0 Å². The second-order valence-corrected chi connectivity index (χ2v) is 4.66. The first kappa shape index (κ1) is 12.1. The summed E-state index contributed by atoms with van der Waals surface area (Å²) in [4.78, 5) is 10.5. The molecule has 17 heavy (non-hydrogen) atoms. The van der Waals surface area contributed by atoms with E-state index in [1.54, 1.807) is 6.20 Å². The van der Waals surface area contributed by atoms with E-state index in [4.69, 9.17) is 0 Å². The van der Waals surface area contributed by atoms with Crippen LogP contribution in [0.15, 0.2) is 12.3 Å². The number of anilines is 2. The first-order valence-corrected chi connectivity index (χ1v) is 6.23. The Kier molecular flexibility index (Phi) is 4.14. The van der Waals surface area contributed by atoms with Gasteiger partial charge in [-0.3, -0.25) is 0 Å². The van der Waals surface area contributed by atoms with E-state index in [2.05, 4.69) is 20.6 Å². The molecule has 2 N–H and O–H groups in total. The number of nitrogens with one attached hydrogen (secondary N) is 2. The van der Waals surface area contributed by atoms with Gasteiger partial charge in [0, 0.05) is 32.9 Å². The number of piperidine rings is 1. The van der Waals surface area contributed by atoms with Crippen molar-refractivity contribution in [3.05, 3.63) is 12.3 Å². The Hall–Kier alpha value is -1.36. The van der Waals surface area contributed by atoms with Crippen LogP contribution in [0.1, 0.15) is 19.3 Å². The number of aromatic nitrogens is 2. The van der Waals surface area contributed by atoms with Crippen molar-refractivity contribution in [1.29, 1.82) is 0 Å². The fourth-order valence-electron chi connectivity index (χ4n) is 1.99. The molecule has 1 unspecified atom stereocenters. The van der Waals surface area contributed by atoms with Gasteiger partial charge in [-0.1, -0.05) is 6.42 Å². The molecule has 5 nitrogen and oxygen atoms in total. The lowest BCUT2D eigenvalue weighted by atomic mass is 10.1. The predicted molar refractivity (Wildman–Crippen MR) is 70.5 cm³/mol. The van der Waals surface area contributed by atoms with Crippen molar-refractivity contribution in [2.24, 2.45) is 0 Å². The Balaban J connectivity index is 1.87. The van der Waals surface area contributed by atoms with Crippen molar-refractivity contribution in [3.63, 3.8) is 0 Å². The van der Waals surface area contributed by atoms with Gasteiger partial charge in [0.2, 0.25) is 5.95 Å². The van der Waals surface area contributed by atoms with Crippen LogP contribution in [0.5, 0.6) is 0 Å². The highest BCUT2D eigenvalue weighted by Gasteiger charge is 2.12. The second kappa shape index (κ2) is 5.82. The van der Waals surface area contributed by atoms with E-state index in [9.17, 15) is 0 Å². The number of hydrogen-bond donors (Lipinski definition) is 2. The molecule has 0 bridgehead atoms. The van der Waals surface area contributed by atoms with Gasteiger partial charge in [-0.2, -0.15) is 4.98 Å². The van der Waals surface area contributed by atoms with Crippen LogP contribution in [0.2, 0.25) is 0 Å². The molecular formula is C12H21N5. The third-order valence-electron chi connectivity index (χ3n) is 2.98. The summed E-state index contributed by atoms with van der Waals surface area (Å²) in [6.07, 6.45) is 5.67. The van der Waals surface area contributed by atoms with Crippen LogP contribution in [-0.4, -0.2) is 43.2 Å². The molecule has 94 valence electrons. The highest BCUT2D eigenvalue weighted by atomic mass is 15.2. The summed E-state index contributed by atoms with van der Waals surface area (Å²) in [7, 11) is 3.89. The summed E-state index contributed by atoms with van der Waals surface area (Å²) in [6, 6.07) is 2.48. The minimum atomic E-state index is 0.571. The van der Waals surface area contributed by atoms with Gasteiger partial charge < -0.3 is 15.5 Å². The Morgan fingerprint density at radius 3 is 3.06 bits per heavy atom. The van der Waals surface area contributed by atoms with E-state index in [0.717, 1.165) is 24.9 Å². The van der Waals surface area contributed by atoms with E-state index < -0.39 is 0 Å². The van der Waals surface area contributed by atoms with Crippen molar-refractivity contribution in [3.8, 4) is 0 Å². The molecule has 1 aromatic rings. The Morgan fingerprint density at radius 1 is 1.47 bits per heavy atom. The molecular weight excluding hydrogens is 214 g/mol. The molecule has 1 aromatic heterocycles. The number of hydrogen-bond acceptors (Lipinski definition) is 5. The molecule has 2 heterocycles. The van der Waals surface area contributed by atoms with Gasteiger partial charge in [-0.15, -0.1) is 0 Å². The van der Waals surface area contributed by atoms with E-state index in [0.29, 0.717) is 6.04 Å². The van der Waals surface area contributed by atoms with Gasteiger partial charge in [-0.05, 0) is 25.5 Å². The van der Waals surface area contributed by atoms with Gasteiger partial charge in [0.15, 0.2) is 0 Å². The normalized spacial score (nSPS) is 20.0. The minimum Gasteiger partial charge on any atom is -0.368 e. The Morgan fingerprint density at radius 2 is 2.35 bits per heavy atom. The first-order valence-electron chi connectivity index (χ1n) is 6.23. The molecule has 5 heteroatoms. The fourth-order valence-corrected chi connectivity index (χ4v) is 1.99. The largest absolute Gasteiger partial charge is 0.368 e. The van der Waals surface area contributed by atoms with E-state index >= 15 is 0 Å². The zero-order valence-electron chi connectivity index (χ0n) is 10.6. The third kappa shape index (κ3) is 3.56. The molecule has 1 fully saturated rings. The molecule has 0 aliphatic carbocycles. The molecule has 1 aliphatic heterocycles. The summed E-state index contributed by atoms with van der Waals surface area (Å²) in [5.41, 5.74) is 0. The maximum absolute atomic E-state index is 4.43. The van der Waals surface area contributed by atoms with E-state index in [1.165, 1.54) is 19.3 Å². The van der Waals surface area contributed by atoms with E-state index in [1.807, 2.05) is 25.1 Å².